The maximum atomic E-state index is 10.5. The van der Waals surface area contributed by atoms with Crippen molar-refractivity contribution in [1.82, 2.24) is 0 Å². The third kappa shape index (κ3) is 10.4. The summed E-state index contributed by atoms with van der Waals surface area (Å²) in [7, 11) is 0. The molecule has 2 saturated heterocycles. The summed E-state index contributed by atoms with van der Waals surface area (Å²) in [6.45, 7) is 2.09. The van der Waals surface area contributed by atoms with Crippen molar-refractivity contribution < 1.29 is 49.6 Å². The molecule has 0 aromatic rings. The predicted molar refractivity (Wildman–Crippen MR) is 132 cm³/mol. The Hall–Kier alpha value is -0.400. The number of hydrogen-bond donors (Lipinski definition) is 6. The summed E-state index contributed by atoms with van der Waals surface area (Å²) in [4.78, 5) is 0. The molecule has 0 aromatic carbocycles. The zero-order valence-electron chi connectivity index (χ0n) is 21.8. The monoisotopic (exact) mass is 522 g/mol. The molecule has 0 bridgehead atoms. The lowest BCUT2D eigenvalue weighted by atomic mass is 9.99. The Balaban J connectivity index is 1.59. The van der Waals surface area contributed by atoms with Crippen LogP contribution in [0.3, 0.4) is 0 Å². The highest BCUT2D eigenvalue weighted by atomic mass is 16.7. The molecule has 2 aliphatic heterocycles. The summed E-state index contributed by atoms with van der Waals surface area (Å²) in [5.74, 6) is 0. The summed E-state index contributed by atoms with van der Waals surface area (Å²) in [6.07, 6.45) is 3.67. The van der Waals surface area contributed by atoms with Gasteiger partial charge in [0, 0.05) is 6.61 Å². The molecule has 0 saturated carbocycles. The summed E-state index contributed by atoms with van der Waals surface area (Å²) < 4.78 is 22.1. The van der Waals surface area contributed by atoms with Gasteiger partial charge in [-0.2, -0.15) is 0 Å². The molecule has 6 N–H and O–H groups in total. The van der Waals surface area contributed by atoms with Gasteiger partial charge in [0.1, 0.15) is 48.8 Å². The topological polar surface area (TPSA) is 158 Å². The van der Waals surface area contributed by atoms with E-state index in [0.29, 0.717) is 6.61 Å². The van der Waals surface area contributed by atoms with Crippen molar-refractivity contribution in [3.05, 3.63) is 0 Å². The average molecular weight is 523 g/mol. The first kappa shape index (κ1) is 31.8. The van der Waals surface area contributed by atoms with Crippen LogP contribution in [0.2, 0.25) is 0 Å². The zero-order valence-corrected chi connectivity index (χ0v) is 21.8. The van der Waals surface area contributed by atoms with E-state index in [1.165, 1.54) is 64.2 Å². The molecule has 2 rings (SSSR count). The van der Waals surface area contributed by atoms with Gasteiger partial charge in [-0.05, 0) is 6.42 Å². The van der Waals surface area contributed by atoms with Crippen LogP contribution in [-0.4, -0.2) is 112 Å². The minimum atomic E-state index is -1.60. The van der Waals surface area contributed by atoms with Gasteiger partial charge in [0.25, 0.3) is 0 Å². The van der Waals surface area contributed by atoms with E-state index in [0.717, 1.165) is 12.8 Å². The lowest BCUT2D eigenvalue weighted by molar-refractivity contribution is -0.319. The lowest BCUT2D eigenvalue weighted by Gasteiger charge is -2.41. The van der Waals surface area contributed by atoms with Crippen molar-refractivity contribution in [2.75, 3.05) is 26.4 Å². The van der Waals surface area contributed by atoms with Crippen molar-refractivity contribution in [2.24, 2.45) is 0 Å². The van der Waals surface area contributed by atoms with Crippen LogP contribution in [0, 0.1) is 0 Å². The standard InChI is InChI=1S/C26H50O10/c1-2-3-4-5-6-7-8-9-10-11-12-13-14-33-16-18(28)24-25(19(29)17-34-24)36-26-23(32)22(31)21(30)20(15-27)35-26/h18-32H,2-17H2,1H3/t18-,19+,20-,21+,22+,23-,24+,25-,26+/m1/s1. The van der Waals surface area contributed by atoms with Crippen LogP contribution < -0.4 is 0 Å². The summed E-state index contributed by atoms with van der Waals surface area (Å²) in [5, 5.41) is 60.2. The van der Waals surface area contributed by atoms with Gasteiger partial charge in [-0.1, -0.05) is 77.6 Å². The highest BCUT2D eigenvalue weighted by molar-refractivity contribution is 4.93. The normalized spacial score (nSPS) is 33.8. The van der Waals surface area contributed by atoms with Crippen LogP contribution in [-0.2, 0) is 18.9 Å². The molecule has 0 spiro atoms. The fourth-order valence-electron chi connectivity index (χ4n) is 4.80. The summed E-state index contributed by atoms with van der Waals surface area (Å²) in [6, 6.07) is 0. The van der Waals surface area contributed by atoms with Crippen molar-refractivity contribution >= 4 is 0 Å². The van der Waals surface area contributed by atoms with E-state index in [4.69, 9.17) is 18.9 Å². The molecule has 2 heterocycles. The summed E-state index contributed by atoms with van der Waals surface area (Å²) in [5.41, 5.74) is 0. The van der Waals surface area contributed by atoms with E-state index in [1.807, 2.05) is 0 Å². The molecule has 0 radical (unpaired) electrons. The van der Waals surface area contributed by atoms with Crippen LogP contribution in [0.15, 0.2) is 0 Å². The molecular formula is C26H50O10. The number of ether oxygens (including phenoxy) is 4. The van der Waals surface area contributed by atoms with Crippen LogP contribution in [0.4, 0.5) is 0 Å². The Labute approximate surface area is 215 Å². The Bertz CT molecular complexity index is 551. The molecule has 10 heteroatoms. The highest BCUT2D eigenvalue weighted by Gasteiger charge is 2.49. The first-order chi connectivity index (χ1) is 17.4. The summed E-state index contributed by atoms with van der Waals surface area (Å²) >= 11 is 0. The molecule has 10 nitrogen and oxygen atoms in total. The van der Waals surface area contributed by atoms with Crippen LogP contribution in [0.1, 0.15) is 84.0 Å². The van der Waals surface area contributed by atoms with Crippen molar-refractivity contribution in [3.63, 3.8) is 0 Å². The fraction of sp³-hybridized carbons (Fsp3) is 1.00. The van der Waals surface area contributed by atoms with Gasteiger partial charge in [0.2, 0.25) is 0 Å². The molecule has 0 aliphatic carbocycles. The molecular weight excluding hydrogens is 472 g/mol. The van der Waals surface area contributed by atoms with E-state index in [2.05, 4.69) is 6.92 Å². The zero-order chi connectivity index (χ0) is 26.3. The average Bonchev–Trinajstić information content (AvgIpc) is 3.24. The minimum Gasteiger partial charge on any atom is -0.394 e. The van der Waals surface area contributed by atoms with Crippen LogP contribution in [0.25, 0.3) is 0 Å². The lowest BCUT2D eigenvalue weighted by Crippen LogP contribution is -2.60. The van der Waals surface area contributed by atoms with Gasteiger partial charge in [0.05, 0.1) is 19.8 Å². The van der Waals surface area contributed by atoms with E-state index in [1.54, 1.807) is 0 Å². The van der Waals surface area contributed by atoms with Gasteiger partial charge in [0.15, 0.2) is 6.29 Å². The van der Waals surface area contributed by atoms with Gasteiger partial charge in [-0.25, -0.2) is 0 Å². The second-order valence-electron chi connectivity index (χ2n) is 10.2. The van der Waals surface area contributed by atoms with Gasteiger partial charge in [-0.3, -0.25) is 0 Å². The first-order valence-corrected chi connectivity index (χ1v) is 13.9. The Morgan fingerprint density at radius 3 is 1.97 bits per heavy atom. The molecule has 0 amide bonds. The van der Waals surface area contributed by atoms with Gasteiger partial charge < -0.3 is 49.6 Å². The number of hydrogen-bond acceptors (Lipinski definition) is 10. The Kier molecular flexibility index (Phi) is 15.9. The SMILES string of the molecule is CCCCCCCCCCCCCCOC[C@@H](O)[C@@H]1OC[C@H](O)[C@H]1O[C@@H]1O[C@H](CO)[C@H](O)[C@H](O)[C@H]1O. The second-order valence-corrected chi connectivity index (χ2v) is 10.2. The largest absolute Gasteiger partial charge is 0.394 e. The number of unbranched alkanes of at least 4 members (excludes halogenated alkanes) is 11. The third-order valence-electron chi connectivity index (χ3n) is 7.11. The highest BCUT2D eigenvalue weighted by Crippen LogP contribution is 2.28. The predicted octanol–water partition coefficient (Wildman–Crippen LogP) is 1.01. The van der Waals surface area contributed by atoms with E-state index in [-0.39, 0.29) is 13.2 Å². The molecule has 214 valence electrons. The number of rotatable bonds is 19. The molecule has 0 unspecified atom stereocenters. The molecule has 0 aromatic heterocycles. The molecule has 2 aliphatic rings. The third-order valence-corrected chi connectivity index (χ3v) is 7.11. The van der Waals surface area contributed by atoms with Crippen molar-refractivity contribution in [2.45, 2.75) is 139 Å². The Morgan fingerprint density at radius 2 is 1.39 bits per heavy atom. The number of aliphatic hydroxyl groups is 6. The first-order valence-electron chi connectivity index (χ1n) is 13.9. The second kappa shape index (κ2) is 18.0. The molecule has 9 atom stereocenters. The number of aliphatic hydroxyl groups excluding tert-OH is 6. The van der Waals surface area contributed by atoms with E-state index in [9.17, 15) is 30.6 Å². The fourth-order valence-corrected chi connectivity index (χ4v) is 4.80. The maximum Gasteiger partial charge on any atom is 0.187 e. The van der Waals surface area contributed by atoms with Gasteiger partial charge >= 0.3 is 0 Å². The smallest absolute Gasteiger partial charge is 0.187 e. The quantitative estimate of drug-likeness (QED) is 0.135. The molecule has 2 fully saturated rings. The van der Waals surface area contributed by atoms with E-state index >= 15 is 0 Å². The Morgan fingerprint density at radius 1 is 0.806 bits per heavy atom. The van der Waals surface area contributed by atoms with Crippen molar-refractivity contribution in [1.29, 1.82) is 0 Å². The van der Waals surface area contributed by atoms with E-state index < -0.39 is 61.7 Å². The van der Waals surface area contributed by atoms with Crippen molar-refractivity contribution in [3.8, 4) is 0 Å². The maximum absolute atomic E-state index is 10.5. The minimum absolute atomic E-state index is 0.00393. The van der Waals surface area contributed by atoms with Gasteiger partial charge in [-0.15, -0.1) is 0 Å². The van der Waals surface area contributed by atoms with Crippen LogP contribution in [0.5, 0.6) is 0 Å². The molecule has 36 heavy (non-hydrogen) atoms. The van der Waals surface area contributed by atoms with Crippen LogP contribution >= 0.6 is 0 Å².